The zero-order valence-corrected chi connectivity index (χ0v) is 19.3. The molecule has 5 heterocycles. The van der Waals surface area contributed by atoms with Gasteiger partial charge in [-0.15, -0.1) is 0 Å². The number of aromatic amines is 1. The molecule has 2 bridgehead atoms. The highest BCUT2D eigenvalue weighted by Gasteiger charge is 2.42. The monoisotopic (exact) mass is 455 g/mol. The Kier molecular flexibility index (Phi) is 6.09. The molecule has 3 saturated heterocycles. The Labute approximate surface area is 193 Å². The van der Waals surface area contributed by atoms with Crippen molar-refractivity contribution in [3.8, 4) is 0 Å². The number of carboxylic acid groups (broad SMARTS) is 1. The van der Waals surface area contributed by atoms with E-state index in [2.05, 4.69) is 20.4 Å². The number of ether oxygens (including phenoxy) is 1. The van der Waals surface area contributed by atoms with Gasteiger partial charge < -0.3 is 25.0 Å². The molecular formula is C23H33N7O3. The van der Waals surface area contributed by atoms with E-state index >= 15 is 0 Å². The van der Waals surface area contributed by atoms with Crippen molar-refractivity contribution in [3.05, 3.63) is 23.5 Å². The SMILES string of the molecule is Cc1cc(Nc2cc(C3CCOCC3)nc(N(C)C3C[C@H]4CCC[C@@H](C3)N4C(=O)O)n2)n[nH]1. The molecule has 10 nitrogen and oxygen atoms in total. The van der Waals surface area contributed by atoms with Crippen LogP contribution in [0.5, 0.6) is 0 Å². The molecule has 2 aromatic heterocycles. The summed E-state index contributed by atoms with van der Waals surface area (Å²) in [4.78, 5) is 25.5. The quantitative estimate of drug-likeness (QED) is 0.625. The number of anilines is 3. The van der Waals surface area contributed by atoms with E-state index in [-0.39, 0.29) is 18.1 Å². The van der Waals surface area contributed by atoms with E-state index in [4.69, 9.17) is 14.7 Å². The second-order valence-corrected chi connectivity index (χ2v) is 9.59. The first-order valence-corrected chi connectivity index (χ1v) is 12.0. The van der Waals surface area contributed by atoms with Crippen LogP contribution in [0.15, 0.2) is 12.1 Å². The molecule has 5 rings (SSSR count). The number of nitrogens with zero attached hydrogens (tertiary/aromatic N) is 5. The first-order chi connectivity index (χ1) is 16.0. The molecule has 3 N–H and O–H groups in total. The van der Waals surface area contributed by atoms with Gasteiger partial charge in [0.15, 0.2) is 5.82 Å². The van der Waals surface area contributed by atoms with Crippen molar-refractivity contribution in [1.29, 1.82) is 0 Å². The maximum absolute atomic E-state index is 11.8. The third kappa shape index (κ3) is 4.62. The lowest BCUT2D eigenvalue weighted by Crippen LogP contribution is -2.58. The number of nitrogens with one attached hydrogen (secondary N) is 2. The number of hydrogen-bond acceptors (Lipinski definition) is 7. The van der Waals surface area contributed by atoms with Gasteiger partial charge in [-0.05, 0) is 51.9 Å². The molecule has 3 aliphatic heterocycles. The highest BCUT2D eigenvalue weighted by molar-refractivity contribution is 5.66. The van der Waals surface area contributed by atoms with Crippen LogP contribution in [0.25, 0.3) is 0 Å². The van der Waals surface area contributed by atoms with Gasteiger partial charge in [0.25, 0.3) is 0 Å². The fourth-order valence-electron chi connectivity index (χ4n) is 5.63. The predicted molar refractivity (Wildman–Crippen MR) is 124 cm³/mol. The second-order valence-electron chi connectivity index (χ2n) is 9.59. The van der Waals surface area contributed by atoms with E-state index in [0.29, 0.717) is 11.9 Å². The molecule has 178 valence electrons. The Morgan fingerprint density at radius 3 is 2.52 bits per heavy atom. The molecule has 3 aliphatic rings. The molecule has 0 radical (unpaired) electrons. The van der Waals surface area contributed by atoms with Crippen molar-refractivity contribution in [2.24, 2.45) is 0 Å². The van der Waals surface area contributed by atoms with Crippen molar-refractivity contribution in [2.45, 2.75) is 75.9 Å². The summed E-state index contributed by atoms with van der Waals surface area (Å²) in [5, 5.41) is 20.3. The summed E-state index contributed by atoms with van der Waals surface area (Å²) in [7, 11) is 2.04. The molecule has 0 aliphatic carbocycles. The van der Waals surface area contributed by atoms with Gasteiger partial charge in [0.1, 0.15) is 5.82 Å². The molecule has 0 saturated carbocycles. The van der Waals surface area contributed by atoms with Gasteiger partial charge in [0.2, 0.25) is 5.95 Å². The van der Waals surface area contributed by atoms with Crippen LogP contribution in [-0.2, 0) is 4.74 Å². The van der Waals surface area contributed by atoms with E-state index in [1.165, 1.54) is 0 Å². The van der Waals surface area contributed by atoms with Crippen LogP contribution in [0.3, 0.4) is 0 Å². The highest BCUT2D eigenvalue weighted by Crippen LogP contribution is 2.37. The van der Waals surface area contributed by atoms with Gasteiger partial charge in [-0.1, -0.05) is 0 Å². The van der Waals surface area contributed by atoms with E-state index in [1.807, 2.05) is 26.1 Å². The molecule has 3 atom stereocenters. The van der Waals surface area contributed by atoms with Gasteiger partial charge in [0.05, 0.1) is 5.69 Å². The van der Waals surface area contributed by atoms with Gasteiger partial charge >= 0.3 is 6.09 Å². The summed E-state index contributed by atoms with van der Waals surface area (Å²) < 4.78 is 5.56. The van der Waals surface area contributed by atoms with Crippen LogP contribution in [0.1, 0.15) is 62.3 Å². The summed E-state index contributed by atoms with van der Waals surface area (Å²) in [6.45, 7) is 3.46. The number of amides is 1. The fraction of sp³-hybridized carbons (Fsp3) is 0.652. The lowest BCUT2D eigenvalue weighted by atomic mass is 9.81. The summed E-state index contributed by atoms with van der Waals surface area (Å²) >= 11 is 0. The number of rotatable bonds is 5. The third-order valence-electron chi connectivity index (χ3n) is 7.37. The minimum Gasteiger partial charge on any atom is -0.465 e. The normalized spacial score (nSPS) is 25.6. The molecule has 2 aromatic rings. The Morgan fingerprint density at radius 2 is 1.88 bits per heavy atom. The van der Waals surface area contributed by atoms with Gasteiger partial charge in [0, 0.05) is 62.1 Å². The molecule has 1 amide bonds. The van der Waals surface area contributed by atoms with Crippen LogP contribution < -0.4 is 10.2 Å². The number of carbonyl (C=O) groups is 1. The summed E-state index contributed by atoms with van der Waals surface area (Å²) in [6.07, 6.45) is 5.69. The lowest BCUT2D eigenvalue weighted by Gasteiger charge is -2.49. The lowest BCUT2D eigenvalue weighted by molar-refractivity contribution is 0.0351. The smallest absolute Gasteiger partial charge is 0.407 e. The van der Waals surface area contributed by atoms with E-state index < -0.39 is 6.09 Å². The maximum Gasteiger partial charge on any atom is 0.407 e. The zero-order chi connectivity index (χ0) is 22.9. The van der Waals surface area contributed by atoms with E-state index in [1.54, 1.807) is 4.90 Å². The molecule has 3 fully saturated rings. The predicted octanol–water partition coefficient (Wildman–Crippen LogP) is 3.65. The van der Waals surface area contributed by atoms with Crippen molar-refractivity contribution >= 4 is 23.7 Å². The zero-order valence-electron chi connectivity index (χ0n) is 19.3. The van der Waals surface area contributed by atoms with Crippen LogP contribution in [-0.4, -0.2) is 74.7 Å². The standard InChI is InChI=1S/C23H33N7O3/c1-14-10-21(28-27-14)25-20-13-19(15-6-8-33-9-7-15)24-22(26-20)29(2)18-11-16-4-3-5-17(12-18)30(16)23(31)32/h10,13,15-18H,3-9,11-12H2,1-2H3,(H,31,32)(H2,24,25,26,27,28)/t16-,17+,18?. The third-order valence-corrected chi connectivity index (χ3v) is 7.37. The first-order valence-electron chi connectivity index (χ1n) is 12.0. The Hall–Kier alpha value is -2.88. The van der Waals surface area contributed by atoms with Crippen molar-refractivity contribution < 1.29 is 14.6 Å². The number of fused-ring (bicyclic) bond motifs is 2. The molecule has 0 aromatic carbocycles. The van der Waals surface area contributed by atoms with Crippen molar-refractivity contribution in [1.82, 2.24) is 25.1 Å². The summed E-state index contributed by atoms with van der Waals surface area (Å²) in [5.74, 6) is 2.47. The van der Waals surface area contributed by atoms with Gasteiger partial charge in [-0.2, -0.15) is 10.1 Å². The molecular weight excluding hydrogens is 422 g/mol. The number of piperidine rings is 2. The number of aryl methyl sites for hydroxylation is 1. The Bertz CT molecular complexity index is 976. The van der Waals surface area contributed by atoms with Crippen LogP contribution in [0.2, 0.25) is 0 Å². The number of aromatic nitrogens is 4. The average molecular weight is 456 g/mol. The minimum absolute atomic E-state index is 0.0748. The summed E-state index contributed by atoms with van der Waals surface area (Å²) in [5.41, 5.74) is 2.00. The number of H-pyrrole nitrogens is 1. The van der Waals surface area contributed by atoms with Crippen LogP contribution in [0.4, 0.5) is 22.4 Å². The van der Waals surface area contributed by atoms with Crippen molar-refractivity contribution in [2.75, 3.05) is 30.5 Å². The molecule has 0 spiro atoms. The highest BCUT2D eigenvalue weighted by atomic mass is 16.5. The maximum atomic E-state index is 11.8. The first kappa shape index (κ1) is 21.9. The topological polar surface area (TPSA) is 120 Å². The van der Waals surface area contributed by atoms with Crippen LogP contribution in [0, 0.1) is 6.92 Å². The van der Waals surface area contributed by atoms with Gasteiger partial charge in [-0.3, -0.25) is 5.10 Å². The van der Waals surface area contributed by atoms with E-state index in [0.717, 1.165) is 81.2 Å². The largest absolute Gasteiger partial charge is 0.465 e. The average Bonchev–Trinajstić information content (AvgIpc) is 3.22. The van der Waals surface area contributed by atoms with Gasteiger partial charge in [-0.25, -0.2) is 9.78 Å². The molecule has 33 heavy (non-hydrogen) atoms. The molecule has 10 heteroatoms. The van der Waals surface area contributed by atoms with Crippen LogP contribution >= 0.6 is 0 Å². The van der Waals surface area contributed by atoms with E-state index in [9.17, 15) is 9.90 Å². The van der Waals surface area contributed by atoms with Crippen molar-refractivity contribution in [3.63, 3.8) is 0 Å². The fourth-order valence-corrected chi connectivity index (χ4v) is 5.63. The summed E-state index contributed by atoms with van der Waals surface area (Å²) in [6, 6.07) is 4.33. The minimum atomic E-state index is -0.788. The second kappa shape index (κ2) is 9.17. The Morgan fingerprint density at radius 1 is 1.15 bits per heavy atom. The molecule has 1 unspecified atom stereocenters. The Balaban J connectivity index is 1.42. The number of hydrogen-bond donors (Lipinski definition) is 3.